The fourth-order valence-corrected chi connectivity index (χ4v) is 11.7. The highest BCUT2D eigenvalue weighted by Gasteiger charge is 2.27. The van der Waals surface area contributed by atoms with Crippen LogP contribution >= 0.6 is 15.9 Å². The largest absolute Gasteiger partial charge is 0.481 e. The molecule has 1 heterocycles. The molecule has 7 N–H and O–H groups in total. The molecule has 0 aliphatic carbocycles. The number of carbonyl (C=O) groups excluding carboxylic acids is 7. The van der Waals surface area contributed by atoms with Gasteiger partial charge in [-0.1, -0.05) is 203 Å². The van der Waals surface area contributed by atoms with E-state index < -0.39 is 70.9 Å². The second kappa shape index (κ2) is 47.3. The van der Waals surface area contributed by atoms with Crippen LogP contribution in [0.4, 0.5) is 13.2 Å². The van der Waals surface area contributed by atoms with Gasteiger partial charge in [0.15, 0.2) is 0 Å². The smallest absolute Gasteiger partial charge is 0.307 e. The number of Topliss-reactive ketones (excluding diaryl/α,β-unsaturated/α-hetero) is 5. The molecule has 0 radical (unpaired) electrons. The molecule has 7 aromatic carbocycles. The number of hydrogen-bond donors (Lipinski definition) is 5. The lowest BCUT2D eigenvalue weighted by molar-refractivity contribution is -0.144. The first-order chi connectivity index (χ1) is 49.9. The van der Waals surface area contributed by atoms with Crippen LogP contribution in [-0.4, -0.2) is 83.9 Å². The summed E-state index contributed by atoms with van der Waals surface area (Å²) in [5, 5.41) is 28.6. The van der Waals surface area contributed by atoms with Crippen LogP contribution in [0.25, 0.3) is 10.9 Å². The van der Waals surface area contributed by atoms with Crippen molar-refractivity contribution in [1.82, 2.24) is 9.97 Å². The summed E-state index contributed by atoms with van der Waals surface area (Å²) < 4.78 is 41.5. The highest BCUT2D eigenvalue weighted by Crippen LogP contribution is 2.24. The molecular weight excluding hydrogens is 1420 g/mol. The molecule has 1 aromatic heterocycles. The molecule has 0 fully saturated rings. The average Bonchev–Trinajstić information content (AvgIpc) is 0.851. The van der Waals surface area contributed by atoms with Gasteiger partial charge in [-0.15, -0.1) is 0 Å². The summed E-state index contributed by atoms with van der Waals surface area (Å²) in [5.74, 6) is -8.24. The third-order valence-corrected chi connectivity index (χ3v) is 17.9. The van der Waals surface area contributed by atoms with E-state index >= 15 is 0 Å². The van der Waals surface area contributed by atoms with Gasteiger partial charge in [-0.2, -0.15) is 0 Å². The number of aryl methyl sites for hydroxylation is 3. The number of halogens is 4. The maximum atomic E-state index is 13.7. The van der Waals surface area contributed by atoms with Crippen molar-refractivity contribution in [2.75, 3.05) is 0 Å². The van der Waals surface area contributed by atoms with E-state index in [1.165, 1.54) is 18.2 Å². The third-order valence-electron chi connectivity index (χ3n) is 17.4. The molecule has 6 atom stereocenters. The van der Waals surface area contributed by atoms with Gasteiger partial charge in [0.1, 0.15) is 52.2 Å². The van der Waals surface area contributed by atoms with E-state index in [0.29, 0.717) is 65.5 Å². The van der Waals surface area contributed by atoms with Crippen LogP contribution in [0.1, 0.15) is 155 Å². The van der Waals surface area contributed by atoms with Crippen LogP contribution in [0.2, 0.25) is 0 Å². The van der Waals surface area contributed by atoms with E-state index in [1.54, 1.807) is 56.4 Å². The van der Waals surface area contributed by atoms with Crippen molar-refractivity contribution in [2.24, 2.45) is 47.0 Å². The zero-order valence-corrected chi connectivity index (χ0v) is 62.2. The molecule has 0 bridgehead atoms. The number of aliphatic carboxylic acids is 3. The summed E-state index contributed by atoms with van der Waals surface area (Å²) in [7, 11) is 0. The number of carboxylic acids is 3. The number of hydrogen-bond acceptors (Lipinski definition) is 12. The molecule has 0 aliphatic rings. The minimum absolute atomic E-state index is 0. The van der Waals surface area contributed by atoms with Crippen LogP contribution in [0, 0.1) is 73.7 Å². The first-order valence-electron chi connectivity index (χ1n) is 35.0. The number of rotatable bonds is 35. The Morgan fingerprint density at radius 1 is 0.443 bits per heavy atom. The highest BCUT2D eigenvalue weighted by molar-refractivity contribution is 9.10. The minimum Gasteiger partial charge on any atom is -0.481 e. The molecule has 6 unspecified atom stereocenters. The minimum atomic E-state index is -0.961. The lowest BCUT2D eigenvalue weighted by Gasteiger charge is -2.18. The topological polar surface area (TPSA) is 309 Å². The molecule has 21 heteroatoms. The van der Waals surface area contributed by atoms with Crippen molar-refractivity contribution in [3.63, 3.8) is 0 Å². The highest BCUT2D eigenvalue weighted by atomic mass is 79.9. The zero-order chi connectivity index (χ0) is 77.7. The average molecular weight is 1520 g/mol. The monoisotopic (exact) mass is 1520 g/mol. The van der Waals surface area contributed by atoms with Gasteiger partial charge in [-0.05, 0) is 133 Å². The Hall–Kier alpha value is -10.2. The van der Waals surface area contributed by atoms with E-state index in [-0.39, 0.29) is 106 Å². The fraction of sp³-hybridized carbons (Fsp3) is 0.365. The van der Waals surface area contributed by atoms with Gasteiger partial charge in [-0.25, -0.2) is 23.1 Å². The Labute approximate surface area is 628 Å². The van der Waals surface area contributed by atoms with Crippen molar-refractivity contribution in [3.05, 3.63) is 248 Å². The molecule has 0 aliphatic heterocycles. The molecule has 8 rings (SSSR count). The third kappa shape index (κ3) is 33.7. The number of carbonyl (C=O) groups is 10. The number of primary amides is 2. The Bertz CT molecular complexity index is 4110. The standard InChI is InChI=1S/C21H20N2O3.C18H18O3.C16H22FNO2.C15H19FO3.C14H17BrFNO2.CH4/c1-14-7-8-19-17(9-14)13-22-20(23-19)12-18(24)11-16(21(25)26)10-15-5-3-2-4-6-15;19-17(12-15-9-5-2-6-10-15)13-16(18(20)21)11-14-7-3-1-4-8-14;1-4-11(3)14(16(18)20)9-13(19)8-12-6-5-10(2)7-15(12)17;1-3-4-12(15(18)19)9-13(17)8-11-6-5-10(2)7-14(11)16;1-2-3-10(14(17)19)7-12(18)6-9-4-5-11(15)8-13(9)16;/h2-9,13,16H,10-12H2,1H3,(H,25,26);1-10,16H,11-13H2,(H,20,21);5-7,11,14H,4,8-9H2,1-3H3,(H2,18,20);5-7,12H,3-4,8-9H2,1-2H3,(H,18,19);4-5,8,10H,2-3,6-7H2,1H3,(H2,17,19);1H4. The first kappa shape index (κ1) is 90.1. The van der Waals surface area contributed by atoms with Crippen LogP contribution < -0.4 is 11.5 Å². The Morgan fingerprint density at radius 2 is 0.821 bits per heavy atom. The summed E-state index contributed by atoms with van der Waals surface area (Å²) >= 11 is 3.16. The molecule has 2 amide bonds. The van der Waals surface area contributed by atoms with Gasteiger partial charge in [0.05, 0.1) is 29.7 Å². The van der Waals surface area contributed by atoms with Gasteiger partial charge in [0.2, 0.25) is 11.8 Å². The number of aromatic nitrogens is 2. The number of ketones is 5. The molecule has 106 heavy (non-hydrogen) atoms. The zero-order valence-electron chi connectivity index (χ0n) is 60.6. The van der Waals surface area contributed by atoms with Crippen LogP contribution in [0.5, 0.6) is 0 Å². The second-order valence-corrected chi connectivity index (χ2v) is 27.3. The summed E-state index contributed by atoms with van der Waals surface area (Å²) in [6, 6.07) is 48.1. The van der Waals surface area contributed by atoms with Crippen molar-refractivity contribution in [2.45, 2.75) is 165 Å². The normalized spacial score (nSPS) is 12.3. The molecule has 0 spiro atoms. The maximum Gasteiger partial charge on any atom is 0.307 e. The molecule has 566 valence electrons. The van der Waals surface area contributed by atoms with Crippen molar-refractivity contribution < 1.29 is 76.4 Å². The van der Waals surface area contributed by atoms with Crippen LogP contribution in [0.3, 0.4) is 0 Å². The van der Waals surface area contributed by atoms with Crippen molar-refractivity contribution in [3.8, 4) is 0 Å². The van der Waals surface area contributed by atoms with Crippen molar-refractivity contribution >= 4 is 85.5 Å². The summed E-state index contributed by atoms with van der Waals surface area (Å²) in [6.45, 7) is 13.2. The quantitative estimate of drug-likeness (QED) is 0.0247. The molecule has 0 saturated heterocycles. The van der Waals surface area contributed by atoms with E-state index in [2.05, 4.69) is 25.9 Å². The molecular formula is C85H100BrF3N4O13. The van der Waals surface area contributed by atoms with Gasteiger partial charge in [-0.3, -0.25) is 47.9 Å². The predicted octanol–water partition coefficient (Wildman–Crippen LogP) is 16.1. The number of amides is 2. The molecule has 17 nitrogen and oxygen atoms in total. The van der Waals surface area contributed by atoms with Gasteiger partial charge >= 0.3 is 17.9 Å². The lowest BCUT2D eigenvalue weighted by Crippen LogP contribution is -2.31. The van der Waals surface area contributed by atoms with Crippen LogP contribution in [0.15, 0.2) is 174 Å². The Balaban J connectivity index is 0.000000345. The number of fused-ring (bicyclic) bond motifs is 1. The second-order valence-electron chi connectivity index (χ2n) is 26.4. The van der Waals surface area contributed by atoms with E-state index in [1.807, 2.05) is 144 Å². The molecule has 0 saturated carbocycles. The number of benzene rings is 7. The van der Waals surface area contributed by atoms with Gasteiger partial charge in [0.25, 0.3) is 0 Å². The number of carboxylic acid groups (broad SMARTS) is 3. The van der Waals surface area contributed by atoms with Gasteiger partial charge in [0, 0.05) is 85.7 Å². The van der Waals surface area contributed by atoms with E-state index in [9.17, 15) is 71.3 Å². The summed E-state index contributed by atoms with van der Waals surface area (Å²) in [4.78, 5) is 125. The lowest BCUT2D eigenvalue weighted by atomic mass is 9.86. The number of nitrogens with zero attached hydrogens (tertiary/aromatic N) is 2. The first-order valence-corrected chi connectivity index (χ1v) is 35.8. The Kier molecular flexibility index (Phi) is 40.2. The fourth-order valence-electron chi connectivity index (χ4n) is 11.4. The number of nitrogens with two attached hydrogens (primary N) is 2. The van der Waals surface area contributed by atoms with E-state index in [0.717, 1.165) is 57.1 Å². The van der Waals surface area contributed by atoms with Crippen molar-refractivity contribution in [1.29, 1.82) is 0 Å². The maximum absolute atomic E-state index is 13.7. The van der Waals surface area contributed by atoms with Crippen LogP contribution in [-0.2, 0) is 92.9 Å². The SMILES string of the molecule is C.CCC(C)C(CC(=O)Cc1ccc(C)cc1F)C(N)=O.CCCC(CC(=O)Cc1ccc(Br)cc1F)C(N)=O.CCCC(CC(=O)Cc1ccc(C)cc1F)C(=O)O.Cc1ccc2nc(CC(=O)CC(Cc3ccccc3)C(=O)O)ncc2c1.O=C(Cc1ccccc1)CC(Cc1ccccc1)C(=O)O. The molecule has 8 aromatic rings. The Morgan fingerprint density at radius 3 is 1.24 bits per heavy atom. The van der Waals surface area contributed by atoms with Gasteiger partial charge < -0.3 is 26.8 Å². The summed E-state index contributed by atoms with van der Waals surface area (Å²) in [5.41, 5.74) is 17.9. The predicted molar refractivity (Wildman–Crippen MR) is 409 cm³/mol. The van der Waals surface area contributed by atoms with E-state index in [4.69, 9.17) is 16.6 Å². The summed E-state index contributed by atoms with van der Waals surface area (Å²) in [6.07, 6.45) is 6.22.